The first-order valence-corrected chi connectivity index (χ1v) is 16.9. The molecule has 2 fully saturated rings. The van der Waals surface area contributed by atoms with Crippen LogP contribution in [-0.2, 0) is 9.59 Å². The molecule has 2 aliphatic heterocycles. The van der Waals surface area contributed by atoms with Gasteiger partial charge in [-0.25, -0.2) is 0 Å². The van der Waals surface area contributed by atoms with E-state index >= 15 is 0 Å². The highest BCUT2D eigenvalue weighted by atomic mass is 16.2. The van der Waals surface area contributed by atoms with Crippen molar-refractivity contribution in [3.8, 4) is 0 Å². The van der Waals surface area contributed by atoms with Crippen molar-refractivity contribution in [3.05, 3.63) is 59.7 Å². The van der Waals surface area contributed by atoms with E-state index in [9.17, 15) is 19.2 Å². The minimum absolute atomic E-state index is 0.00185. The van der Waals surface area contributed by atoms with Crippen LogP contribution in [0, 0.1) is 0 Å². The van der Waals surface area contributed by atoms with Gasteiger partial charge in [0.25, 0.3) is 11.8 Å². The number of anilines is 2. The summed E-state index contributed by atoms with van der Waals surface area (Å²) in [6.45, 7) is 3.11. The largest absolute Gasteiger partial charge is 0.339 e. The molecule has 2 aromatic carbocycles. The first-order chi connectivity index (χ1) is 21.5. The molecule has 4 amide bonds. The predicted octanol–water partition coefficient (Wildman–Crippen LogP) is 7.42. The molecule has 2 saturated heterocycles. The van der Waals surface area contributed by atoms with Crippen molar-refractivity contribution in [2.45, 2.75) is 103 Å². The maximum absolute atomic E-state index is 13.1. The van der Waals surface area contributed by atoms with Gasteiger partial charge in [-0.3, -0.25) is 19.2 Å². The van der Waals surface area contributed by atoms with Crippen LogP contribution in [0.3, 0.4) is 0 Å². The average molecular weight is 603 g/mol. The summed E-state index contributed by atoms with van der Waals surface area (Å²) in [6.07, 6.45) is 15.1. The number of hydrogen-bond donors (Lipinski definition) is 2. The Morgan fingerprint density at radius 3 is 1.20 bits per heavy atom. The highest BCUT2D eigenvalue weighted by molar-refractivity contribution is 6.04. The Kier molecular flexibility index (Phi) is 13.7. The van der Waals surface area contributed by atoms with Crippen LogP contribution in [0.5, 0.6) is 0 Å². The quantitative estimate of drug-likeness (QED) is 0.233. The number of carbonyl (C=O) groups excluding carboxylic acids is 4. The molecule has 0 saturated carbocycles. The van der Waals surface area contributed by atoms with Crippen molar-refractivity contribution in [3.63, 3.8) is 0 Å². The van der Waals surface area contributed by atoms with Crippen molar-refractivity contribution >= 4 is 35.0 Å². The normalized spacial score (nSPS) is 15.6. The van der Waals surface area contributed by atoms with Gasteiger partial charge >= 0.3 is 0 Å². The summed E-state index contributed by atoms with van der Waals surface area (Å²) in [5.74, 6) is -0.121. The van der Waals surface area contributed by atoms with Crippen molar-refractivity contribution in [1.82, 2.24) is 9.80 Å². The topological polar surface area (TPSA) is 98.8 Å². The van der Waals surface area contributed by atoms with Gasteiger partial charge < -0.3 is 20.4 Å². The number of unbranched alkanes of at least 4 members (excludes halogenated alkanes) is 5. The molecule has 0 atom stereocenters. The minimum Gasteiger partial charge on any atom is -0.339 e. The van der Waals surface area contributed by atoms with Crippen molar-refractivity contribution < 1.29 is 19.2 Å². The summed E-state index contributed by atoms with van der Waals surface area (Å²) in [5, 5.41) is 5.93. The van der Waals surface area contributed by atoms with E-state index in [1.54, 1.807) is 12.1 Å². The number of nitrogens with one attached hydrogen (secondary N) is 2. The van der Waals surface area contributed by atoms with Crippen molar-refractivity contribution in [1.29, 1.82) is 0 Å². The monoisotopic (exact) mass is 602 g/mol. The Morgan fingerprint density at radius 1 is 0.477 bits per heavy atom. The van der Waals surface area contributed by atoms with Gasteiger partial charge in [0.1, 0.15) is 0 Å². The molecule has 0 aromatic heterocycles. The molecular formula is C36H50N4O4. The molecule has 0 unspecified atom stereocenters. The van der Waals surface area contributed by atoms with Crippen LogP contribution in [0.4, 0.5) is 11.4 Å². The SMILES string of the molecule is O=C(CCCCCCCCC(=O)Nc1ccccc1C(=O)N1CCCCCC1)Nc1ccccc1C(=O)N1CCCCCC1. The van der Waals surface area contributed by atoms with Crippen molar-refractivity contribution in [2.24, 2.45) is 0 Å². The summed E-state index contributed by atoms with van der Waals surface area (Å²) < 4.78 is 0. The first-order valence-electron chi connectivity index (χ1n) is 16.9. The third kappa shape index (κ3) is 10.5. The second-order valence-corrected chi connectivity index (χ2v) is 12.2. The summed E-state index contributed by atoms with van der Waals surface area (Å²) >= 11 is 0. The van der Waals surface area contributed by atoms with Crippen LogP contribution in [0.1, 0.15) is 123 Å². The number of amides is 4. The highest BCUT2D eigenvalue weighted by Crippen LogP contribution is 2.22. The smallest absolute Gasteiger partial charge is 0.255 e. The average Bonchev–Trinajstić information content (AvgIpc) is 3.48. The molecule has 8 heteroatoms. The van der Waals surface area contributed by atoms with Crippen LogP contribution in [0.25, 0.3) is 0 Å². The molecule has 0 spiro atoms. The second-order valence-electron chi connectivity index (χ2n) is 12.2. The zero-order valence-electron chi connectivity index (χ0n) is 26.3. The molecule has 2 N–H and O–H groups in total. The molecule has 0 radical (unpaired) electrons. The Hall–Kier alpha value is -3.68. The van der Waals surface area contributed by atoms with Gasteiger partial charge in [0, 0.05) is 39.0 Å². The number of benzene rings is 2. The van der Waals surface area contributed by atoms with Gasteiger partial charge in [0.05, 0.1) is 22.5 Å². The van der Waals surface area contributed by atoms with Gasteiger partial charge in [-0.15, -0.1) is 0 Å². The van der Waals surface area contributed by atoms with Crippen LogP contribution in [0.2, 0.25) is 0 Å². The maximum Gasteiger partial charge on any atom is 0.255 e. The van der Waals surface area contributed by atoms with Crippen molar-refractivity contribution in [2.75, 3.05) is 36.8 Å². The lowest BCUT2D eigenvalue weighted by Gasteiger charge is -2.22. The Morgan fingerprint density at radius 2 is 0.818 bits per heavy atom. The molecule has 8 nitrogen and oxygen atoms in total. The number of hydrogen-bond acceptors (Lipinski definition) is 4. The number of likely N-dealkylation sites (tertiary alicyclic amines) is 2. The third-order valence-electron chi connectivity index (χ3n) is 8.71. The van der Waals surface area contributed by atoms with E-state index in [-0.39, 0.29) is 23.6 Å². The number of para-hydroxylation sites is 2. The first kappa shape index (κ1) is 33.2. The van der Waals surface area contributed by atoms with Crippen LogP contribution >= 0.6 is 0 Å². The molecule has 0 aliphatic carbocycles. The van der Waals surface area contributed by atoms with E-state index in [0.717, 1.165) is 116 Å². The molecule has 2 aliphatic rings. The minimum atomic E-state index is -0.0626. The molecule has 4 rings (SSSR count). The summed E-state index contributed by atoms with van der Waals surface area (Å²) in [6, 6.07) is 14.6. The fourth-order valence-corrected chi connectivity index (χ4v) is 6.15. The lowest BCUT2D eigenvalue weighted by Crippen LogP contribution is -2.32. The lowest BCUT2D eigenvalue weighted by atomic mass is 10.1. The lowest BCUT2D eigenvalue weighted by molar-refractivity contribution is -0.117. The predicted molar refractivity (Wildman–Crippen MR) is 176 cm³/mol. The number of carbonyl (C=O) groups is 4. The Bertz CT molecular complexity index is 1130. The molecular weight excluding hydrogens is 552 g/mol. The molecule has 0 bridgehead atoms. The van der Waals surface area contributed by atoms with E-state index in [1.165, 1.54) is 0 Å². The standard InChI is InChI=1S/C36H50N4O4/c41-33(37-31-21-13-11-19-29(31)35(43)39-25-15-5-6-16-26-39)23-9-3-1-2-4-10-24-34(42)38-32-22-14-12-20-30(32)36(44)40-27-17-7-8-18-28-40/h11-14,19-22H,1-10,15-18,23-28H2,(H,37,41)(H,38,42). The highest BCUT2D eigenvalue weighted by Gasteiger charge is 2.22. The Balaban J connectivity index is 1.10. The number of rotatable bonds is 13. The van der Waals surface area contributed by atoms with Gasteiger partial charge in [-0.1, -0.05) is 75.6 Å². The fraction of sp³-hybridized carbons (Fsp3) is 0.556. The molecule has 2 aromatic rings. The molecule has 44 heavy (non-hydrogen) atoms. The van der Waals surface area contributed by atoms with Gasteiger partial charge in [-0.2, -0.15) is 0 Å². The third-order valence-corrected chi connectivity index (χ3v) is 8.71. The van der Waals surface area contributed by atoms with Gasteiger partial charge in [0.15, 0.2) is 0 Å². The van der Waals surface area contributed by atoms with Crippen LogP contribution < -0.4 is 10.6 Å². The summed E-state index contributed by atoms with van der Waals surface area (Å²) in [7, 11) is 0. The zero-order valence-corrected chi connectivity index (χ0v) is 26.3. The summed E-state index contributed by atoms with van der Waals surface area (Å²) in [5.41, 5.74) is 2.33. The maximum atomic E-state index is 13.1. The second kappa shape index (κ2) is 18.2. The van der Waals surface area contributed by atoms with Crippen LogP contribution in [0.15, 0.2) is 48.5 Å². The number of nitrogens with zero attached hydrogens (tertiary/aromatic N) is 2. The van der Waals surface area contributed by atoms with E-state index in [1.807, 2.05) is 46.2 Å². The van der Waals surface area contributed by atoms with Crippen LogP contribution in [-0.4, -0.2) is 59.6 Å². The van der Waals surface area contributed by atoms with Gasteiger partial charge in [-0.05, 0) is 62.8 Å². The van der Waals surface area contributed by atoms with E-state index in [4.69, 9.17) is 0 Å². The molecule has 2 heterocycles. The summed E-state index contributed by atoms with van der Waals surface area (Å²) in [4.78, 5) is 55.4. The fourth-order valence-electron chi connectivity index (χ4n) is 6.15. The Labute approximate surface area is 263 Å². The van der Waals surface area contributed by atoms with Gasteiger partial charge in [0.2, 0.25) is 11.8 Å². The van der Waals surface area contributed by atoms with E-state index in [2.05, 4.69) is 10.6 Å². The molecule has 238 valence electrons. The van der Waals surface area contributed by atoms with E-state index in [0.29, 0.717) is 35.3 Å². The van der Waals surface area contributed by atoms with E-state index < -0.39 is 0 Å². The zero-order chi connectivity index (χ0) is 31.0.